The Morgan fingerprint density at radius 3 is 2.04 bits per heavy atom. The van der Waals surface area contributed by atoms with Crippen LogP contribution in [0, 0.1) is 6.92 Å². The second-order valence-electron chi connectivity index (χ2n) is 15.4. The van der Waals surface area contributed by atoms with Gasteiger partial charge < -0.3 is 13.9 Å². The van der Waals surface area contributed by atoms with E-state index < -0.39 is 0 Å². The summed E-state index contributed by atoms with van der Waals surface area (Å²) in [5, 5.41) is 4.68. The maximum absolute atomic E-state index is 6.66. The number of hydrogen-bond acceptors (Lipinski definition) is 2. The fourth-order valence-corrected chi connectivity index (χ4v) is 9.21. The van der Waals surface area contributed by atoms with Gasteiger partial charge >= 0.3 is 0 Å². The highest BCUT2D eigenvalue weighted by Crippen LogP contribution is 2.55. The van der Waals surface area contributed by atoms with Gasteiger partial charge in [-0.15, -0.1) is 0 Å². The minimum atomic E-state index is -0.112. The molecule has 0 fully saturated rings. The Morgan fingerprint density at radius 2 is 1.18 bits per heavy atom. The Balaban J connectivity index is 1.13. The lowest BCUT2D eigenvalue weighted by atomic mass is 9.82. The average Bonchev–Trinajstić information content (AvgIpc) is 3.85. The first-order valence-corrected chi connectivity index (χ1v) is 19.1. The molecule has 8 aromatic carbocycles. The Kier molecular flexibility index (Phi) is 6.81. The van der Waals surface area contributed by atoms with Crippen LogP contribution in [0.3, 0.4) is 0 Å². The quantitative estimate of drug-likeness (QED) is 0.178. The summed E-state index contributed by atoms with van der Waals surface area (Å²) in [4.78, 5) is 2.45. The number of aromatic nitrogens is 1. The van der Waals surface area contributed by atoms with Crippen LogP contribution in [0.15, 0.2) is 180 Å². The standard InChI is InChI=1S/C52H38N2O/c1-33-23-27-37(28-24-33)54(46-20-11-18-43-50(46)39-16-7-9-17-42(39)52(43,2)3)47-21-12-22-49-51(47)41-32-35(26-30-48(41)55-49)34-25-29-45-40(31-34)38-15-8-10-19-44(38)53(45)36-13-5-4-6-14-36/h4-32H,1-3H3. The normalized spacial score (nSPS) is 13.1. The van der Waals surface area contributed by atoms with Crippen LogP contribution in [-0.4, -0.2) is 4.57 Å². The molecule has 0 unspecified atom stereocenters. The summed E-state index contributed by atoms with van der Waals surface area (Å²) in [5.74, 6) is 0. The first-order valence-electron chi connectivity index (χ1n) is 19.1. The molecule has 3 nitrogen and oxygen atoms in total. The predicted octanol–water partition coefficient (Wildman–Crippen LogP) is 14.4. The molecule has 0 radical (unpaired) electrons. The van der Waals surface area contributed by atoms with Crippen LogP contribution in [0.2, 0.25) is 0 Å². The zero-order chi connectivity index (χ0) is 36.8. The van der Waals surface area contributed by atoms with Gasteiger partial charge in [-0.25, -0.2) is 0 Å². The van der Waals surface area contributed by atoms with Crippen molar-refractivity contribution in [2.75, 3.05) is 4.90 Å². The van der Waals surface area contributed by atoms with Crippen molar-refractivity contribution < 1.29 is 4.42 Å². The van der Waals surface area contributed by atoms with Crippen molar-refractivity contribution in [2.24, 2.45) is 0 Å². The lowest BCUT2D eigenvalue weighted by Crippen LogP contribution is -2.16. The van der Waals surface area contributed by atoms with Gasteiger partial charge in [0, 0.05) is 38.5 Å². The van der Waals surface area contributed by atoms with Crippen LogP contribution in [-0.2, 0) is 5.41 Å². The molecular formula is C52H38N2O. The second-order valence-corrected chi connectivity index (χ2v) is 15.4. The van der Waals surface area contributed by atoms with E-state index in [1.165, 1.54) is 55.2 Å². The van der Waals surface area contributed by atoms with Crippen LogP contribution in [0.1, 0.15) is 30.5 Å². The van der Waals surface area contributed by atoms with E-state index >= 15 is 0 Å². The molecule has 2 aromatic heterocycles. The van der Waals surface area contributed by atoms with Crippen molar-refractivity contribution >= 4 is 60.8 Å². The van der Waals surface area contributed by atoms with E-state index in [1.54, 1.807) is 0 Å². The Hall–Kier alpha value is -6.84. The van der Waals surface area contributed by atoms with Gasteiger partial charge in [0.25, 0.3) is 0 Å². The van der Waals surface area contributed by atoms with Crippen molar-refractivity contribution in [3.05, 3.63) is 193 Å². The first-order chi connectivity index (χ1) is 27.0. The largest absolute Gasteiger partial charge is 0.456 e. The van der Waals surface area contributed by atoms with Crippen molar-refractivity contribution in [2.45, 2.75) is 26.2 Å². The predicted molar refractivity (Wildman–Crippen MR) is 230 cm³/mol. The summed E-state index contributed by atoms with van der Waals surface area (Å²) < 4.78 is 9.03. The Morgan fingerprint density at radius 1 is 0.509 bits per heavy atom. The SMILES string of the molecule is Cc1ccc(N(c2cccc3c2-c2ccccc2C3(C)C)c2cccc3oc4ccc(-c5ccc6c(c5)c5ccccc5n6-c5ccccc5)cc4c23)cc1. The minimum absolute atomic E-state index is 0.112. The topological polar surface area (TPSA) is 21.3 Å². The van der Waals surface area contributed by atoms with Crippen LogP contribution >= 0.6 is 0 Å². The molecule has 0 aliphatic heterocycles. The van der Waals surface area contributed by atoms with Crippen molar-refractivity contribution in [3.63, 3.8) is 0 Å². The number of hydrogen-bond donors (Lipinski definition) is 0. The summed E-state index contributed by atoms with van der Waals surface area (Å²) in [5.41, 5.74) is 17.4. The number of aryl methyl sites for hydroxylation is 1. The minimum Gasteiger partial charge on any atom is -0.456 e. The molecule has 0 atom stereocenters. The third kappa shape index (κ3) is 4.69. The summed E-state index contributed by atoms with van der Waals surface area (Å²) in [6.07, 6.45) is 0. The van der Waals surface area contributed by atoms with Crippen LogP contribution in [0.25, 0.3) is 71.7 Å². The molecular weight excluding hydrogens is 669 g/mol. The Labute approximate surface area is 320 Å². The van der Waals surface area contributed by atoms with E-state index in [2.05, 4.69) is 206 Å². The molecule has 10 aromatic rings. The van der Waals surface area contributed by atoms with Gasteiger partial charge in [0.15, 0.2) is 0 Å². The lowest BCUT2D eigenvalue weighted by molar-refractivity contribution is 0.660. The van der Waals surface area contributed by atoms with Gasteiger partial charge in [0.1, 0.15) is 11.2 Å². The highest BCUT2D eigenvalue weighted by Gasteiger charge is 2.38. The second kappa shape index (κ2) is 11.8. The van der Waals surface area contributed by atoms with Crippen molar-refractivity contribution in [3.8, 4) is 27.9 Å². The average molecular weight is 707 g/mol. The fourth-order valence-electron chi connectivity index (χ4n) is 9.21. The first kappa shape index (κ1) is 31.7. The molecule has 11 rings (SSSR count). The molecule has 0 spiro atoms. The lowest BCUT2D eigenvalue weighted by Gasteiger charge is -2.29. The van der Waals surface area contributed by atoms with E-state index in [4.69, 9.17) is 4.42 Å². The van der Waals surface area contributed by atoms with E-state index in [9.17, 15) is 0 Å². The molecule has 1 aliphatic rings. The summed E-state index contributed by atoms with van der Waals surface area (Å²) in [6.45, 7) is 6.84. The fraction of sp³-hybridized carbons (Fsp3) is 0.0769. The molecule has 1 aliphatic carbocycles. The van der Waals surface area contributed by atoms with E-state index in [0.29, 0.717) is 0 Å². The van der Waals surface area contributed by atoms with Gasteiger partial charge in [-0.1, -0.05) is 123 Å². The number of benzene rings is 8. The molecule has 0 amide bonds. The number of rotatable bonds is 5. The molecule has 2 heterocycles. The number of fused-ring (bicyclic) bond motifs is 9. The molecule has 262 valence electrons. The number of para-hydroxylation sites is 2. The van der Waals surface area contributed by atoms with Crippen LogP contribution < -0.4 is 4.90 Å². The van der Waals surface area contributed by atoms with Crippen molar-refractivity contribution in [1.29, 1.82) is 0 Å². The van der Waals surface area contributed by atoms with Gasteiger partial charge in [0.2, 0.25) is 0 Å². The number of nitrogens with zero attached hydrogens (tertiary/aromatic N) is 2. The molecule has 0 bridgehead atoms. The van der Waals surface area contributed by atoms with Crippen LogP contribution in [0.5, 0.6) is 0 Å². The highest BCUT2D eigenvalue weighted by atomic mass is 16.3. The molecule has 0 saturated carbocycles. The third-order valence-electron chi connectivity index (χ3n) is 11.9. The maximum Gasteiger partial charge on any atom is 0.137 e. The van der Waals surface area contributed by atoms with Gasteiger partial charge in [-0.3, -0.25) is 0 Å². The van der Waals surface area contributed by atoms with Gasteiger partial charge in [-0.05, 0) is 108 Å². The zero-order valence-corrected chi connectivity index (χ0v) is 31.0. The molecule has 55 heavy (non-hydrogen) atoms. The Bertz CT molecular complexity index is 3130. The summed E-state index contributed by atoms with van der Waals surface area (Å²) in [6, 6.07) is 64.0. The van der Waals surface area contributed by atoms with E-state index in [-0.39, 0.29) is 5.41 Å². The summed E-state index contributed by atoms with van der Waals surface area (Å²) in [7, 11) is 0. The molecule has 0 saturated heterocycles. The smallest absolute Gasteiger partial charge is 0.137 e. The zero-order valence-electron chi connectivity index (χ0n) is 31.0. The number of furan rings is 1. The molecule has 0 N–H and O–H groups in total. The third-order valence-corrected chi connectivity index (χ3v) is 11.9. The highest BCUT2D eigenvalue weighted by molar-refractivity contribution is 6.15. The summed E-state index contributed by atoms with van der Waals surface area (Å²) >= 11 is 0. The maximum atomic E-state index is 6.66. The number of anilines is 3. The van der Waals surface area contributed by atoms with Crippen molar-refractivity contribution in [1.82, 2.24) is 4.57 Å². The van der Waals surface area contributed by atoms with Gasteiger partial charge in [-0.2, -0.15) is 0 Å². The van der Waals surface area contributed by atoms with Gasteiger partial charge in [0.05, 0.1) is 27.8 Å². The molecule has 3 heteroatoms. The van der Waals surface area contributed by atoms with E-state index in [1.807, 2.05) is 0 Å². The van der Waals surface area contributed by atoms with E-state index in [0.717, 1.165) is 50.3 Å². The van der Waals surface area contributed by atoms with Crippen LogP contribution in [0.4, 0.5) is 17.1 Å². The monoisotopic (exact) mass is 706 g/mol.